The first kappa shape index (κ1) is 13.4. The number of carbonyl (C=O) groups is 1. The largest absolute Gasteiger partial charge is 0.481 e. The fourth-order valence-electron chi connectivity index (χ4n) is 1.45. The highest BCUT2D eigenvalue weighted by Crippen LogP contribution is 2.17. The van der Waals surface area contributed by atoms with Crippen LogP contribution in [0.3, 0.4) is 0 Å². The van der Waals surface area contributed by atoms with E-state index in [-0.39, 0.29) is 0 Å². The van der Waals surface area contributed by atoms with Crippen molar-refractivity contribution in [2.45, 2.75) is 57.7 Å². The SMILES string of the molecule is CC(=O)O.O[C@@H]1CCCCCC[C@H]1O. The number of aliphatic hydroxyl groups is 2. The molecule has 0 amide bonds. The summed E-state index contributed by atoms with van der Waals surface area (Å²) in [6, 6.07) is 0. The van der Waals surface area contributed by atoms with Crippen LogP contribution in [0, 0.1) is 0 Å². The van der Waals surface area contributed by atoms with Crippen LogP contribution in [0.4, 0.5) is 0 Å². The van der Waals surface area contributed by atoms with Crippen LogP contribution < -0.4 is 0 Å². The van der Waals surface area contributed by atoms with Crippen molar-refractivity contribution < 1.29 is 20.1 Å². The zero-order chi connectivity index (χ0) is 11.0. The molecule has 0 unspecified atom stereocenters. The Morgan fingerprint density at radius 3 is 1.57 bits per heavy atom. The molecule has 2 atom stereocenters. The van der Waals surface area contributed by atoms with E-state index in [1.165, 1.54) is 12.8 Å². The first-order valence-electron chi connectivity index (χ1n) is 5.09. The Balaban J connectivity index is 0.000000364. The number of hydrogen-bond acceptors (Lipinski definition) is 3. The van der Waals surface area contributed by atoms with Crippen molar-refractivity contribution >= 4 is 5.97 Å². The summed E-state index contributed by atoms with van der Waals surface area (Å²) in [7, 11) is 0. The third-order valence-electron chi connectivity index (χ3n) is 2.19. The third kappa shape index (κ3) is 8.01. The van der Waals surface area contributed by atoms with Gasteiger partial charge in [-0.25, -0.2) is 0 Å². The van der Waals surface area contributed by atoms with Crippen LogP contribution in [0.2, 0.25) is 0 Å². The van der Waals surface area contributed by atoms with Crippen LogP contribution in [-0.4, -0.2) is 33.5 Å². The Kier molecular flexibility index (Phi) is 7.42. The van der Waals surface area contributed by atoms with Crippen LogP contribution in [-0.2, 0) is 4.79 Å². The van der Waals surface area contributed by atoms with E-state index in [0.717, 1.165) is 32.6 Å². The van der Waals surface area contributed by atoms with Gasteiger partial charge in [0.15, 0.2) is 0 Å². The van der Waals surface area contributed by atoms with E-state index in [9.17, 15) is 10.2 Å². The molecular formula is C10H20O4. The van der Waals surface area contributed by atoms with Gasteiger partial charge >= 0.3 is 0 Å². The summed E-state index contributed by atoms with van der Waals surface area (Å²) in [5.74, 6) is -0.833. The third-order valence-corrected chi connectivity index (χ3v) is 2.19. The van der Waals surface area contributed by atoms with Crippen LogP contribution >= 0.6 is 0 Å². The van der Waals surface area contributed by atoms with E-state index in [4.69, 9.17) is 9.90 Å². The van der Waals surface area contributed by atoms with Gasteiger partial charge in [0.1, 0.15) is 0 Å². The quantitative estimate of drug-likeness (QED) is 0.553. The second kappa shape index (κ2) is 7.76. The molecule has 1 aliphatic rings. The lowest BCUT2D eigenvalue weighted by Crippen LogP contribution is -2.26. The second-order valence-corrected chi connectivity index (χ2v) is 3.65. The predicted molar refractivity (Wildman–Crippen MR) is 53.0 cm³/mol. The average molecular weight is 204 g/mol. The molecule has 0 spiro atoms. The van der Waals surface area contributed by atoms with Crippen molar-refractivity contribution in [3.05, 3.63) is 0 Å². The summed E-state index contributed by atoms with van der Waals surface area (Å²) in [6.45, 7) is 1.08. The smallest absolute Gasteiger partial charge is 0.300 e. The lowest BCUT2D eigenvalue weighted by Gasteiger charge is -2.19. The Bertz CT molecular complexity index is 142. The normalized spacial score (nSPS) is 27.9. The Labute approximate surface area is 84.6 Å². The summed E-state index contributed by atoms with van der Waals surface area (Å²) in [5.41, 5.74) is 0. The van der Waals surface area contributed by atoms with E-state index in [0.29, 0.717) is 0 Å². The summed E-state index contributed by atoms with van der Waals surface area (Å²) >= 11 is 0. The first-order valence-corrected chi connectivity index (χ1v) is 5.09. The lowest BCUT2D eigenvalue weighted by atomic mass is 9.96. The van der Waals surface area contributed by atoms with Gasteiger partial charge in [-0.1, -0.05) is 25.7 Å². The minimum atomic E-state index is -0.833. The molecule has 84 valence electrons. The number of aliphatic hydroxyl groups excluding tert-OH is 2. The molecule has 1 saturated carbocycles. The molecule has 0 aromatic rings. The maximum atomic E-state index is 9.23. The van der Waals surface area contributed by atoms with E-state index >= 15 is 0 Å². The second-order valence-electron chi connectivity index (χ2n) is 3.65. The lowest BCUT2D eigenvalue weighted by molar-refractivity contribution is -0.134. The maximum absolute atomic E-state index is 9.23. The van der Waals surface area contributed by atoms with E-state index in [1.807, 2.05) is 0 Å². The van der Waals surface area contributed by atoms with E-state index in [1.54, 1.807) is 0 Å². The van der Waals surface area contributed by atoms with E-state index in [2.05, 4.69) is 0 Å². The van der Waals surface area contributed by atoms with Crippen molar-refractivity contribution in [3.63, 3.8) is 0 Å². The molecule has 0 heterocycles. The van der Waals surface area contributed by atoms with Crippen molar-refractivity contribution in [1.82, 2.24) is 0 Å². The van der Waals surface area contributed by atoms with E-state index < -0.39 is 18.2 Å². The van der Waals surface area contributed by atoms with Gasteiger partial charge in [-0.05, 0) is 12.8 Å². The van der Waals surface area contributed by atoms with Crippen molar-refractivity contribution in [2.75, 3.05) is 0 Å². The first-order chi connectivity index (χ1) is 6.54. The minimum absolute atomic E-state index is 0.458. The van der Waals surface area contributed by atoms with Gasteiger partial charge in [0.2, 0.25) is 0 Å². The summed E-state index contributed by atoms with van der Waals surface area (Å²) in [4.78, 5) is 9.00. The van der Waals surface area contributed by atoms with Gasteiger partial charge < -0.3 is 15.3 Å². The zero-order valence-corrected chi connectivity index (χ0v) is 8.65. The van der Waals surface area contributed by atoms with Gasteiger partial charge in [0, 0.05) is 6.92 Å². The molecule has 0 aliphatic heterocycles. The summed E-state index contributed by atoms with van der Waals surface area (Å²) < 4.78 is 0. The van der Waals surface area contributed by atoms with Gasteiger partial charge in [-0.15, -0.1) is 0 Å². The van der Waals surface area contributed by atoms with Gasteiger partial charge in [-0.3, -0.25) is 4.79 Å². The highest BCUT2D eigenvalue weighted by atomic mass is 16.4. The number of hydrogen-bond donors (Lipinski definition) is 3. The molecule has 1 fully saturated rings. The summed E-state index contributed by atoms with van der Waals surface area (Å²) in [6.07, 6.45) is 5.20. The topological polar surface area (TPSA) is 77.8 Å². The Morgan fingerprint density at radius 2 is 1.29 bits per heavy atom. The molecule has 1 rings (SSSR count). The molecule has 0 aromatic heterocycles. The molecule has 4 nitrogen and oxygen atoms in total. The highest BCUT2D eigenvalue weighted by Gasteiger charge is 2.16. The number of carboxylic acids is 1. The van der Waals surface area contributed by atoms with Crippen molar-refractivity contribution in [1.29, 1.82) is 0 Å². The van der Waals surface area contributed by atoms with Crippen molar-refractivity contribution in [3.8, 4) is 0 Å². The summed E-state index contributed by atoms with van der Waals surface area (Å²) in [5, 5.41) is 25.9. The maximum Gasteiger partial charge on any atom is 0.300 e. The van der Waals surface area contributed by atoms with Gasteiger partial charge in [0.05, 0.1) is 12.2 Å². The minimum Gasteiger partial charge on any atom is -0.481 e. The molecule has 14 heavy (non-hydrogen) atoms. The van der Waals surface area contributed by atoms with Crippen LogP contribution in [0.15, 0.2) is 0 Å². The fraction of sp³-hybridized carbons (Fsp3) is 0.900. The number of rotatable bonds is 0. The number of carboxylic acid groups (broad SMARTS) is 1. The van der Waals surface area contributed by atoms with Crippen molar-refractivity contribution in [2.24, 2.45) is 0 Å². The molecule has 1 aliphatic carbocycles. The highest BCUT2D eigenvalue weighted by molar-refractivity contribution is 5.62. The molecule has 0 aromatic carbocycles. The number of aliphatic carboxylic acids is 1. The average Bonchev–Trinajstić information content (AvgIpc) is 2.06. The molecule has 0 saturated heterocycles. The predicted octanol–water partition coefficient (Wildman–Crippen LogP) is 1.15. The van der Waals surface area contributed by atoms with Crippen LogP contribution in [0.25, 0.3) is 0 Å². The monoisotopic (exact) mass is 204 g/mol. The molecule has 3 N–H and O–H groups in total. The molecular weight excluding hydrogens is 184 g/mol. The zero-order valence-electron chi connectivity index (χ0n) is 8.65. The van der Waals surface area contributed by atoms with Gasteiger partial charge in [-0.2, -0.15) is 0 Å². The molecule has 0 bridgehead atoms. The molecule has 0 radical (unpaired) electrons. The standard InChI is InChI=1S/C8H16O2.C2H4O2/c9-7-5-3-1-2-4-6-8(7)10;1-2(3)4/h7-10H,1-6H2;1H3,(H,3,4)/t7-,8-;/m1./s1. The molecule has 4 heteroatoms. The van der Waals surface area contributed by atoms with Gasteiger partial charge in [0.25, 0.3) is 5.97 Å². The Morgan fingerprint density at radius 1 is 1.00 bits per heavy atom. The Hall–Kier alpha value is -0.610. The van der Waals surface area contributed by atoms with Crippen LogP contribution in [0.5, 0.6) is 0 Å². The fourth-order valence-corrected chi connectivity index (χ4v) is 1.45. The van der Waals surface area contributed by atoms with Crippen LogP contribution in [0.1, 0.15) is 45.4 Å².